The largest absolute Gasteiger partial charge is 0.391 e. The Morgan fingerprint density at radius 1 is 1.32 bits per heavy atom. The third kappa shape index (κ3) is 4.97. The van der Waals surface area contributed by atoms with E-state index < -0.39 is 18.0 Å². The molecule has 1 amide bonds. The molecule has 1 rings (SSSR count). The molecule has 112 valence electrons. The Labute approximate surface area is 120 Å². The molecule has 2 nitrogen and oxygen atoms in total. The molecule has 0 heterocycles. The van der Waals surface area contributed by atoms with Crippen molar-refractivity contribution >= 4 is 21.8 Å². The van der Waals surface area contributed by atoms with Gasteiger partial charge in [0.2, 0.25) is 5.91 Å². The van der Waals surface area contributed by atoms with E-state index in [-0.39, 0.29) is 18.7 Å². The zero-order valence-electron chi connectivity index (χ0n) is 11.2. The first-order valence-electron chi connectivity index (χ1n) is 6.81. The molecule has 1 saturated carbocycles. The minimum absolute atomic E-state index is 0.0369. The van der Waals surface area contributed by atoms with Gasteiger partial charge in [-0.05, 0) is 25.7 Å². The van der Waals surface area contributed by atoms with Crippen LogP contribution in [0.5, 0.6) is 0 Å². The van der Waals surface area contributed by atoms with E-state index in [1.807, 2.05) is 6.92 Å². The molecule has 6 heteroatoms. The van der Waals surface area contributed by atoms with E-state index in [1.54, 1.807) is 4.90 Å². The molecule has 0 aliphatic heterocycles. The van der Waals surface area contributed by atoms with Crippen LogP contribution in [0.4, 0.5) is 13.2 Å². The summed E-state index contributed by atoms with van der Waals surface area (Å²) in [6.45, 7) is 3.16. The summed E-state index contributed by atoms with van der Waals surface area (Å²) in [5, 5.41) is 0.661. The van der Waals surface area contributed by atoms with Crippen molar-refractivity contribution in [2.45, 2.75) is 45.2 Å². The van der Waals surface area contributed by atoms with Crippen LogP contribution in [-0.2, 0) is 4.79 Å². The Balaban J connectivity index is 2.64. The Morgan fingerprint density at radius 2 is 2.00 bits per heavy atom. The molecule has 1 fully saturated rings. The summed E-state index contributed by atoms with van der Waals surface area (Å²) in [5.74, 6) is -1.86. The van der Waals surface area contributed by atoms with Crippen LogP contribution in [0.25, 0.3) is 0 Å². The summed E-state index contributed by atoms with van der Waals surface area (Å²) in [6.07, 6.45) is -2.12. The molecule has 0 saturated heterocycles. The quantitative estimate of drug-likeness (QED) is 0.691. The van der Waals surface area contributed by atoms with Crippen molar-refractivity contribution < 1.29 is 18.0 Å². The summed E-state index contributed by atoms with van der Waals surface area (Å²) in [7, 11) is 0. The molecule has 0 aromatic heterocycles. The van der Waals surface area contributed by atoms with Crippen LogP contribution < -0.4 is 0 Å². The van der Waals surface area contributed by atoms with Gasteiger partial charge in [0.05, 0.1) is 5.92 Å². The number of carbonyl (C=O) groups is 1. The Morgan fingerprint density at radius 3 is 2.53 bits per heavy atom. The predicted molar refractivity (Wildman–Crippen MR) is 72.2 cm³/mol. The summed E-state index contributed by atoms with van der Waals surface area (Å²) >= 11 is 3.28. The van der Waals surface area contributed by atoms with Gasteiger partial charge >= 0.3 is 6.18 Å². The fourth-order valence-corrected chi connectivity index (χ4v) is 3.10. The second-order valence-corrected chi connectivity index (χ2v) is 5.91. The minimum atomic E-state index is -4.16. The van der Waals surface area contributed by atoms with Gasteiger partial charge in [-0.3, -0.25) is 4.79 Å². The lowest BCUT2D eigenvalue weighted by Crippen LogP contribution is -2.41. The van der Waals surface area contributed by atoms with Crippen molar-refractivity contribution in [3.63, 3.8) is 0 Å². The molecule has 19 heavy (non-hydrogen) atoms. The molecule has 0 spiro atoms. The predicted octanol–water partition coefficient (Wildman–Crippen LogP) is 3.99. The van der Waals surface area contributed by atoms with Gasteiger partial charge in [0.1, 0.15) is 0 Å². The normalized spacial score (nSPS) is 24.3. The highest BCUT2D eigenvalue weighted by molar-refractivity contribution is 9.09. The average Bonchev–Trinajstić information content (AvgIpc) is 2.37. The van der Waals surface area contributed by atoms with Crippen LogP contribution in [-0.4, -0.2) is 35.4 Å². The van der Waals surface area contributed by atoms with Crippen molar-refractivity contribution in [2.75, 3.05) is 18.4 Å². The standard InChI is InChI=1S/C13H21BrF3NO/c1-2-7-18(8-6-14)12(19)10-4-3-5-11(9-10)13(15,16)17/h10-11H,2-9H2,1H3. The molecule has 0 aromatic rings. The maximum atomic E-state index is 12.7. The molecule has 2 atom stereocenters. The van der Waals surface area contributed by atoms with Gasteiger partial charge in [-0.1, -0.05) is 29.3 Å². The van der Waals surface area contributed by atoms with Crippen molar-refractivity contribution in [3.05, 3.63) is 0 Å². The van der Waals surface area contributed by atoms with Gasteiger partial charge in [-0.15, -0.1) is 0 Å². The van der Waals surface area contributed by atoms with Gasteiger partial charge < -0.3 is 4.90 Å². The summed E-state index contributed by atoms with van der Waals surface area (Å²) < 4.78 is 38.2. The number of rotatable bonds is 5. The van der Waals surface area contributed by atoms with Crippen LogP contribution >= 0.6 is 15.9 Å². The number of nitrogens with zero attached hydrogens (tertiary/aromatic N) is 1. The molecule has 0 bridgehead atoms. The third-order valence-electron chi connectivity index (χ3n) is 3.65. The van der Waals surface area contributed by atoms with Crippen LogP contribution in [0, 0.1) is 11.8 Å². The summed E-state index contributed by atoms with van der Waals surface area (Å²) in [4.78, 5) is 14.0. The minimum Gasteiger partial charge on any atom is -0.342 e. The molecular weight excluding hydrogens is 323 g/mol. The lowest BCUT2D eigenvalue weighted by molar-refractivity contribution is -0.187. The number of amides is 1. The Bertz CT molecular complexity index is 290. The maximum Gasteiger partial charge on any atom is 0.391 e. The van der Waals surface area contributed by atoms with Gasteiger partial charge in [0.15, 0.2) is 0 Å². The van der Waals surface area contributed by atoms with E-state index in [2.05, 4.69) is 15.9 Å². The molecular formula is C13H21BrF3NO. The second kappa shape index (κ2) is 7.50. The molecule has 0 N–H and O–H groups in total. The zero-order chi connectivity index (χ0) is 14.5. The smallest absolute Gasteiger partial charge is 0.342 e. The van der Waals surface area contributed by atoms with E-state index >= 15 is 0 Å². The Hall–Kier alpha value is -0.260. The zero-order valence-corrected chi connectivity index (χ0v) is 12.8. The first kappa shape index (κ1) is 16.8. The van der Waals surface area contributed by atoms with Gasteiger partial charge in [-0.2, -0.15) is 13.2 Å². The third-order valence-corrected chi connectivity index (χ3v) is 4.00. The fraction of sp³-hybridized carbons (Fsp3) is 0.923. The van der Waals surface area contributed by atoms with Crippen molar-refractivity contribution in [3.8, 4) is 0 Å². The first-order valence-corrected chi connectivity index (χ1v) is 7.93. The van der Waals surface area contributed by atoms with E-state index in [0.29, 0.717) is 31.3 Å². The van der Waals surface area contributed by atoms with E-state index in [9.17, 15) is 18.0 Å². The van der Waals surface area contributed by atoms with Crippen molar-refractivity contribution in [1.29, 1.82) is 0 Å². The SMILES string of the molecule is CCCN(CCBr)C(=O)C1CCCC(C(F)(F)F)C1. The maximum absolute atomic E-state index is 12.7. The Kier molecular flexibility index (Phi) is 6.63. The van der Waals surface area contributed by atoms with Crippen molar-refractivity contribution in [1.82, 2.24) is 4.90 Å². The topological polar surface area (TPSA) is 20.3 Å². The van der Waals surface area contributed by atoms with Crippen LogP contribution in [0.3, 0.4) is 0 Å². The highest BCUT2D eigenvalue weighted by Gasteiger charge is 2.44. The van der Waals surface area contributed by atoms with Crippen LogP contribution in [0.15, 0.2) is 0 Å². The number of halogens is 4. The van der Waals surface area contributed by atoms with E-state index in [4.69, 9.17) is 0 Å². The lowest BCUT2D eigenvalue weighted by atomic mass is 9.80. The van der Waals surface area contributed by atoms with Gasteiger partial charge in [0, 0.05) is 24.3 Å². The van der Waals surface area contributed by atoms with Crippen LogP contribution in [0.2, 0.25) is 0 Å². The van der Waals surface area contributed by atoms with E-state index in [1.165, 1.54) is 0 Å². The second-order valence-electron chi connectivity index (χ2n) is 5.12. The summed E-state index contributed by atoms with van der Waals surface area (Å²) in [6, 6.07) is 0. The fourth-order valence-electron chi connectivity index (χ4n) is 2.67. The van der Waals surface area contributed by atoms with Crippen LogP contribution in [0.1, 0.15) is 39.0 Å². The van der Waals surface area contributed by atoms with Gasteiger partial charge in [-0.25, -0.2) is 0 Å². The highest BCUT2D eigenvalue weighted by Crippen LogP contribution is 2.40. The molecule has 0 radical (unpaired) electrons. The number of carbonyl (C=O) groups excluding carboxylic acids is 1. The van der Waals surface area contributed by atoms with Crippen molar-refractivity contribution in [2.24, 2.45) is 11.8 Å². The van der Waals surface area contributed by atoms with E-state index in [0.717, 1.165) is 6.42 Å². The summed E-state index contributed by atoms with van der Waals surface area (Å²) in [5.41, 5.74) is 0. The number of alkyl halides is 4. The monoisotopic (exact) mass is 343 g/mol. The number of hydrogen-bond donors (Lipinski definition) is 0. The molecule has 1 aliphatic rings. The average molecular weight is 344 g/mol. The molecule has 2 unspecified atom stereocenters. The highest BCUT2D eigenvalue weighted by atomic mass is 79.9. The molecule has 0 aromatic carbocycles. The van der Waals surface area contributed by atoms with Gasteiger partial charge in [0.25, 0.3) is 0 Å². The lowest BCUT2D eigenvalue weighted by Gasteiger charge is -2.33. The molecule has 1 aliphatic carbocycles. The number of hydrogen-bond acceptors (Lipinski definition) is 1. The first-order chi connectivity index (χ1) is 8.90.